The number of benzene rings is 2. The highest BCUT2D eigenvalue weighted by molar-refractivity contribution is 5.97. The van der Waals surface area contributed by atoms with Crippen LogP contribution in [0.25, 0.3) is 0 Å². The van der Waals surface area contributed by atoms with Gasteiger partial charge >= 0.3 is 0 Å². The van der Waals surface area contributed by atoms with Crippen molar-refractivity contribution in [2.45, 2.75) is 59.0 Å². The highest BCUT2D eigenvalue weighted by atomic mass is 16.5. The summed E-state index contributed by atoms with van der Waals surface area (Å²) < 4.78 is 5.99. The van der Waals surface area contributed by atoms with Crippen molar-refractivity contribution < 1.29 is 14.3 Å². The molecular formula is C25H32N2O3. The van der Waals surface area contributed by atoms with Crippen molar-refractivity contribution >= 4 is 17.5 Å². The SMILES string of the molecule is Cc1ccc(C(C)C)c(O[C@H](C)C(=O)Nc2ccc(C(=O)N3CCCCC3)cc2)c1. The zero-order valence-corrected chi connectivity index (χ0v) is 18.4. The van der Waals surface area contributed by atoms with Gasteiger partial charge in [-0.15, -0.1) is 0 Å². The topological polar surface area (TPSA) is 58.6 Å². The molecule has 30 heavy (non-hydrogen) atoms. The molecule has 2 aromatic carbocycles. The first-order valence-electron chi connectivity index (χ1n) is 10.8. The van der Waals surface area contributed by atoms with Gasteiger partial charge in [0.25, 0.3) is 11.8 Å². The van der Waals surface area contributed by atoms with E-state index < -0.39 is 6.10 Å². The number of carbonyl (C=O) groups is 2. The Hall–Kier alpha value is -2.82. The van der Waals surface area contributed by atoms with E-state index in [9.17, 15) is 9.59 Å². The molecule has 1 fully saturated rings. The van der Waals surface area contributed by atoms with Crippen LogP contribution < -0.4 is 10.1 Å². The molecule has 5 heteroatoms. The molecule has 0 spiro atoms. The Labute approximate surface area is 179 Å². The maximum atomic E-state index is 12.6. The van der Waals surface area contributed by atoms with Gasteiger partial charge in [-0.25, -0.2) is 0 Å². The van der Waals surface area contributed by atoms with E-state index in [4.69, 9.17) is 4.74 Å². The van der Waals surface area contributed by atoms with E-state index in [1.54, 1.807) is 31.2 Å². The molecule has 1 N–H and O–H groups in total. The fourth-order valence-corrected chi connectivity index (χ4v) is 3.68. The average Bonchev–Trinajstić information content (AvgIpc) is 2.74. The minimum absolute atomic E-state index is 0.0601. The van der Waals surface area contributed by atoms with Gasteiger partial charge < -0.3 is 15.0 Å². The number of nitrogens with one attached hydrogen (secondary N) is 1. The molecule has 2 aromatic rings. The second kappa shape index (κ2) is 9.79. The first-order chi connectivity index (χ1) is 14.3. The van der Waals surface area contributed by atoms with Gasteiger partial charge in [0.15, 0.2) is 6.10 Å². The Morgan fingerprint density at radius 2 is 1.63 bits per heavy atom. The summed E-state index contributed by atoms with van der Waals surface area (Å²) in [5, 5.41) is 2.88. The first-order valence-corrected chi connectivity index (χ1v) is 10.8. The predicted molar refractivity (Wildman–Crippen MR) is 120 cm³/mol. The number of hydrogen-bond donors (Lipinski definition) is 1. The normalized spacial score (nSPS) is 15.0. The highest BCUT2D eigenvalue weighted by Crippen LogP contribution is 2.28. The molecule has 1 aliphatic rings. The average molecular weight is 409 g/mol. The van der Waals surface area contributed by atoms with Gasteiger partial charge in [-0.1, -0.05) is 26.0 Å². The van der Waals surface area contributed by atoms with Crippen LogP contribution in [0.5, 0.6) is 5.75 Å². The van der Waals surface area contributed by atoms with Crippen LogP contribution in [0.3, 0.4) is 0 Å². The van der Waals surface area contributed by atoms with Crippen molar-refractivity contribution in [1.82, 2.24) is 4.90 Å². The molecule has 0 aromatic heterocycles. The number of likely N-dealkylation sites (tertiary alicyclic amines) is 1. The van der Waals surface area contributed by atoms with Crippen molar-refractivity contribution in [2.75, 3.05) is 18.4 Å². The van der Waals surface area contributed by atoms with Crippen LogP contribution in [0.15, 0.2) is 42.5 Å². The summed E-state index contributed by atoms with van der Waals surface area (Å²) in [4.78, 5) is 27.1. The fraction of sp³-hybridized carbons (Fsp3) is 0.440. The molecule has 1 aliphatic heterocycles. The van der Waals surface area contributed by atoms with Crippen molar-refractivity contribution in [3.8, 4) is 5.75 Å². The van der Waals surface area contributed by atoms with Crippen LogP contribution in [0.2, 0.25) is 0 Å². The van der Waals surface area contributed by atoms with E-state index in [0.717, 1.165) is 42.8 Å². The Bertz CT molecular complexity index is 884. The van der Waals surface area contributed by atoms with E-state index in [1.807, 2.05) is 17.9 Å². The molecule has 1 heterocycles. The molecule has 1 atom stereocenters. The minimum Gasteiger partial charge on any atom is -0.481 e. The van der Waals surface area contributed by atoms with Crippen LogP contribution in [0.4, 0.5) is 5.69 Å². The maximum absolute atomic E-state index is 12.6. The Morgan fingerprint density at radius 1 is 0.967 bits per heavy atom. The first kappa shape index (κ1) is 21.9. The van der Waals surface area contributed by atoms with Gasteiger partial charge in [0.2, 0.25) is 0 Å². The van der Waals surface area contributed by atoms with Crippen molar-refractivity contribution in [1.29, 1.82) is 0 Å². The van der Waals surface area contributed by atoms with E-state index in [0.29, 0.717) is 17.2 Å². The van der Waals surface area contributed by atoms with Gasteiger partial charge in [0.1, 0.15) is 5.75 Å². The molecule has 3 rings (SSSR count). The third kappa shape index (κ3) is 5.41. The smallest absolute Gasteiger partial charge is 0.265 e. The van der Waals surface area contributed by atoms with Crippen LogP contribution in [-0.2, 0) is 4.79 Å². The highest BCUT2D eigenvalue weighted by Gasteiger charge is 2.20. The van der Waals surface area contributed by atoms with Crippen molar-refractivity contribution in [3.63, 3.8) is 0 Å². The van der Waals surface area contributed by atoms with Gasteiger partial charge in [0.05, 0.1) is 0 Å². The number of piperidine rings is 1. The number of anilines is 1. The van der Waals surface area contributed by atoms with Gasteiger partial charge in [0, 0.05) is 24.3 Å². The quantitative estimate of drug-likeness (QED) is 0.719. The van der Waals surface area contributed by atoms with E-state index in [-0.39, 0.29) is 11.8 Å². The van der Waals surface area contributed by atoms with Crippen LogP contribution in [0, 0.1) is 6.92 Å². The lowest BCUT2D eigenvalue weighted by Crippen LogP contribution is -2.35. The Kier molecular flexibility index (Phi) is 7.14. The summed E-state index contributed by atoms with van der Waals surface area (Å²) in [6.45, 7) is 9.61. The maximum Gasteiger partial charge on any atom is 0.265 e. The number of ether oxygens (including phenoxy) is 1. The van der Waals surface area contributed by atoms with Gasteiger partial charge in [-0.05, 0) is 80.5 Å². The molecule has 0 bridgehead atoms. The lowest BCUT2D eigenvalue weighted by atomic mass is 10.0. The standard InChI is InChI=1S/C25H32N2O3/c1-17(2)22-13-8-18(3)16-23(22)30-19(4)24(28)26-21-11-9-20(10-12-21)25(29)27-14-6-5-7-15-27/h8-13,16-17,19H,5-7,14-15H2,1-4H3,(H,26,28)/t19-/m1/s1. The Morgan fingerprint density at radius 3 is 2.27 bits per heavy atom. The van der Waals surface area contributed by atoms with Crippen LogP contribution >= 0.6 is 0 Å². The molecule has 0 saturated carbocycles. The van der Waals surface area contributed by atoms with E-state index in [2.05, 4.69) is 31.3 Å². The minimum atomic E-state index is -0.640. The number of aryl methyl sites for hydroxylation is 1. The third-order valence-corrected chi connectivity index (χ3v) is 5.51. The molecule has 2 amide bonds. The second-order valence-corrected chi connectivity index (χ2v) is 8.38. The number of rotatable bonds is 6. The molecule has 0 radical (unpaired) electrons. The molecule has 0 aliphatic carbocycles. The number of hydrogen-bond acceptors (Lipinski definition) is 3. The molecule has 0 unspecified atom stereocenters. The molecule has 5 nitrogen and oxygen atoms in total. The summed E-state index contributed by atoms with van der Waals surface area (Å²) >= 11 is 0. The number of carbonyl (C=O) groups excluding carboxylic acids is 2. The molecule has 1 saturated heterocycles. The monoisotopic (exact) mass is 408 g/mol. The van der Waals surface area contributed by atoms with E-state index in [1.165, 1.54) is 6.42 Å². The summed E-state index contributed by atoms with van der Waals surface area (Å²) in [6.07, 6.45) is 2.68. The summed E-state index contributed by atoms with van der Waals surface area (Å²) in [6, 6.07) is 13.2. The fourth-order valence-electron chi connectivity index (χ4n) is 3.68. The van der Waals surface area contributed by atoms with Crippen molar-refractivity contribution in [2.24, 2.45) is 0 Å². The lowest BCUT2D eigenvalue weighted by Gasteiger charge is -2.26. The van der Waals surface area contributed by atoms with Gasteiger partial charge in [-0.3, -0.25) is 9.59 Å². The summed E-state index contributed by atoms with van der Waals surface area (Å²) in [5.41, 5.74) is 3.48. The van der Waals surface area contributed by atoms with Gasteiger partial charge in [-0.2, -0.15) is 0 Å². The summed E-state index contributed by atoms with van der Waals surface area (Å²) in [7, 11) is 0. The molecule has 160 valence electrons. The zero-order chi connectivity index (χ0) is 21.7. The predicted octanol–water partition coefficient (Wildman–Crippen LogP) is 5.15. The zero-order valence-electron chi connectivity index (χ0n) is 18.4. The lowest BCUT2D eigenvalue weighted by molar-refractivity contribution is -0.122. The van der Waals surface area contributed by atoms with Crippen molar-refractivity contribution in [3.05, 3.63) is 59.2 Å². The largest absolute Gasteiger partial charge is 0.481 e. The van der Waals surface area contributed by atoms with E-state index >= 15 is 0 Å². The number of nitrogens with zero attached hydrogens (tertiary/aromatic N) is 1. The summed E-state index contributed by atoms with van der Waals surface area (Å²) in [5.74, 6) is 0.891. The van der Waals surface area contributed by atoms with Crippen LogP contribution in [0.1, 0.15) is 67.4 Å². The third-order valence-electron chi connectivity index (χ3n) is 5.51. The second-order valence-electron chi connectivity index (χ2n) is 8.38. The van der Waals surface area contributed by atoms with Crippen LogP contribution in [-0.4, -0.2) is 35.9 Å². The Balaban J connectivity index is 1.62. The molecular weight excluding hydrogens is 376 g/mol. The number of amides is 2.